The molecule has 5 nitrogen and oxygen atoms in total. The molecule has 0 atom stereocenters. The number of aromatic nitrogens is 2. The molecule has 1 N–H and O–H groups in total. The normalized spacial score (nSPS) is 18.7. The lowest BCUT2D eigenvalue weighted by molar-refractivity contribution is -0.124. The molecule has 5 heteroatoms. The van der Waals surface area contributed by atoms with Crippen LogP contribution >= 0.6 is 0 Å². The number of hydrogen-bond donors (Lipinski definition) is 1. The van der Waals surface area contributed by atoms with Gasteiger partial charge in [0.05, 0.1) is 5.57 Å². The molecule has 2 rings (SSSR count). The minimum atomic E-state index is -0.272. The van der Waals surface area contributed by atoms with Crippen molar-refractivity contribution in [2.45, 2.75) is 59.3 Å². The van der Waals surface area contributed by atoms with Crippen LogP contribution in [0.2, 0.25) is 0 Å². The Morgan fingerprint density at radius 2 is 1.59 bits per heavy atom. The first kappa shape index (κ1) is 16.3. The molecular weight excluding hydrogens is 280 g/mol. The predicted molar refractivity (Wildman–Crippen MR) is 82.8 cm³/mol. The summed E-state index contributed by atoms with van der Waals surface area (Å²) in [5.41, 5.74) is 2.53. The van der Waals surface area contributed by atoms with E-state index in [4.69, 9.17) is 0 Å². The molecular formula is C17H22N2O3. The Bertz CT molecular complexity index is 619. The van der Waals surface area contributed by atoms with Gasteiger partial charge in [0.15, 0.2) is 11.6 Å². The van der Waals surface area contributed by atoms with Crippen LogP contribution in [-0.4, -0.2) is 26.6 Å². The molecule has 22 heavy (non-hydrogen) atoms. The van der Waals surface area contributed by atoms with E-state index in [0.29, 0.717) is 18.7 Å². The number of ketones is 2. The lowest BCUT2D eigenvalue weighted by atomic mass is 9.78. The molecule has 0 aromatic carbocycles. The molecule has 0 aliphatic heterocycles. The van der Waals surface area contributed by atoms with Gasteiger partial charge in [-0.05, 0) is 32.8 Å². The number of hydrogen-bond acceptors (Lipinski definition) is 5. The number of aliphatic hydroxyl groups is 1. The van der Waals surface area contributed by atoms with Crippen molar-refractivity contribution in [3.63, 3.8) is 0 Å². The van der Waals surface area contributed by atoms with Crippen molar-refractivity contribution in [3.05, 3.63) is 34.1 Å². The lowest BCUT2D eigenvalue weighted by Crippen LogP contribution is -2.27. The quantitative estimate of drug-likeness (QED) is 0.527. The molecule has 0 unspecified atom stereocenters. The molecule has 1 fully saturated rings. The molecule has 1 aromatic heterocycles. The summed E-state index contributed by atoms with van der Waals surface area (Å²) in [4.78, 5) is 33.3. The van der Waals surface area contributed by atoms with Gasteiger partial charge in [0.2, 0.25) is 0 Å². The van der Waals surface area contributed by atoms with Crippen molar-refractivity contribution < 1.29 is 14.7 Å². The van der Waals surface area contributed by atoms with Crippen molar-refractivity contribution in [3.8, 4) is 0 Å². The maximum Gasteiger partial charge on any atom is 0.170 e. The van der Waals surface area contributed by atoms with E-state index in [1.54, 1.807) is 0 Å². The fourth-order valence-electron chi connectivity index (χ4n) is 3.25. The molecule has 0 bridgehead atoms. The zero-order valence-corrected chi connectivity index (χ0v) is 13.6. The van der Waals surface area contributed by atoms with Crippen LogP contribution in [0, 0.1) is 20.8 Å². The monoisotopic (exact) mass is 302 g/mol. The third-order valence-corrected chi connectivity index (χ3v) is 4.04. The van der Waals surface area contributed by atoms with Gasteiger partial charge < -0.3 is 5.11 Å². The average molecular weight is 302 g/mol. The molecule has 1 aromatic rings. The number of carbonyl (C=O) groups excluding carboxylic acids is 2. The maximum absolute atomic E-state index is 12.3. The highest BCUT2D eigenvalue weighted by Crippen LogP contribution is 2.35. The molecule has 1 saturated carbocycles. The molecule has 0 amide bonds. The zero-order chi connectivity index (χ0) is 16.4. The summed E-state index contributed by atoms with van der Waals surface area (Å²) in [5.74, 6) is -0.116. The van der Waals surface area contributed by atoms with Crippen molar-refractivity contribution in [1.29, 1.82) is 0 Å². The molecule has 0 radical (unpaired) electrons. The third-order valence-electron chi connectivity index (χ3n) is 4.04. The summed E-state index contributed by atoms with van der Waals surface area (Å²) in [5, 5.41) is 9.93. The van der Waals surface area contributed by atoms with E-state index in [-0.39, 0.29) is 41.7 Å². The lowest BCUT2D eigenvalue weighted by Gasteiger charge is -2.25. The van der Waals surface area contributed by atoms with Gasteiger partial charge in [0.25, 0.3) is 0 Å². The van der Waals surface area contributed by atoms with Crippen molar-refractivity contribution >= 4 is 11.6 Å². The zero-order valence-electron chi connectivity index (χ0n) is 13.6. The van der Waals surface area contributed by atoms with Crippen LogP contribution < -0.4 is 0 Å². The third kappa shape index (κ3) is 3.08. The van der Waals surface area contributed by atoms with E-state index in [9.17, 15) is 14.7 Å². The fourth-order valence-corrected chi connectivity index (χ4v) is 3.25. The van der Waals surface area contributed by atoms with E-state index < -0.39 is 0 Å². The van der Waals surface area contributed by atoms with Crippen LogP contribution in [0.5, 0.6) is 0 Å². The Hall–Kier alpha value is -2.04. The first-order valence-electron chi connectivity index (χ1n) is 7.65. The number of nitrogens with zero attached hydrogens (tertiary/aromatic N) is 2. The topological polar surface area (TPSA) is 80.2 Å². The van der Waals surface area contributed by atoms with Crippen LogP contribution in [0.15, 0.2) is 11.3 Å². The average Bonchev–Trinajstić information content (AvgIpc) is 2.36. The summed E-state index contributed by atoms with van der Waals surface area (Å²) in [6.45, 7) is 7.48. The molecule has 1 aliphatic rings. The van der Waals surface area contributed by atoms with E-state index in [2.05, 4.69) is 9.97 Å². The Balaban J connectivity index is 2.35. The van der Waals surface area contributed by atoms with E-state index in [0.717, 1.165) is 17.0 Å². The number of aliphatic hydroxyl groups excluding tert-OH is 1. The largest absolute Gasteiger partial charge is 0.511 e. The summed E-state index contributed by atoms with van der Waals surface area (Å²) in [6, 6.07) is 0. The minimum absolute atomic E-state index is 0.00133. The van der Waals surface area contributed by atoms with Crippen LogP contribution in [0.25, 0.3) is 0 Å². The van der Waals surface area contributed by atoms with Crippen LogP contribution in [0.3, 0.4) is 0 Å². The minimum Gasteiger partial charge on any atom is -0.511 e. The van der Waals surface area contributed by atoms with Gasteiger partial charge >= 0.3 is 0 Å². The second kappa shape index (κ2) is 6.38. The predicted octanol–water partition coefficient (Wildman–Crippen LogP) is 3.03. The van der Waals surface area contributed by atoms with Gasteiger partial charge in [-0.25, -0.2) is 9.97 Å². The highest BCUT2D eigenvalue weighted by Gasteiger charge is 2.35. The van der Waals surface area contributed by atoms with Gasteiger partial charge in [0.1, 0.15) is 11.6 Å². The van der Waals surface area contributed by atoms with E-state index >= 15 is 0 Å². The number of Topliss-reactive ketones (excluding diaryl/α,β-unsaturated/α-hetero) is 2. The van der Waals surface area contributed by atoms with Gasteiger partial charge in [-0.1, -0.05) is 6.92 Å². The highest BCUT2D eigenvalue weighted by molar-refractivity contribution is 6.22. The Morgan fingerprint density at radius 3 is 2.05 bits per heavy atom. The summed E-state index contributed by atoms with van der Waals surface area (Å²) in [6.07, 6.45) is 1.51. The fraction of sp³-hybridized carbons (Fsp3) is 0.529. The number of aryl methyl sites for hydroxylation is 3. The SMILES string of the molecule is CCCC(O)=C1C(=O)CC(c2c(C)nc(C)nc2C)CC1=O. The van der Waals surface area contributed by atoms with Gasteiger partial charge in [0, 0.05) is 36.6 Å². The van der Waals surface area contributed by atoms with E-state index in [1.807, 2.05) is 27.7 Å². The van der Waals surface area contributed by atoms with E-state index in [1.165, 1.54) is 0 Å². The second-order valence-corrected chi connectivity index (χ2v) is 5.88. The van der Waals surface area contributed by atoms with Crippen molar-refractivity contribution in [1.82, 2.24) is 9.97 Å². The Morgan fingerprint density at radius 1 is 1.09 bits per heavy atom. The van der Waals surface area contributed by atoms with Crippen molar-refractivity contribution in [2.24, 2.45) is 0 Å². The van der Waals surface area contributed by atoms with Crippen LogP contribution in [0.1, 0.15) is 61.3 Å². The standard InChI is InChI=1S/C17H22N2O3/c1-5-6-13(20)17-14(21)7-12(8-15(17)22)16-9(2)18-11(4)19-10(16)3/h12,20H,5-8H2,1-4H3. The molecule has 0 saturated heterocycles. The van der Waals surface area contributed by atoms with Gasteiger partial charge in [-0.2, -0.15) is 0 Å². The summed E-state index contributed by atoms with van der Waals surface area (Å²) >= 11 is 0. The Labute approximate surface area is 130 Å². The molecule has 0 spiro atoms. The second-order valence-electron chi connectivity index (χ2n) is 5.88. The van der Waals surface area contributed by atoms with Crippen LogP contribution in [0.4, 0.5) is 0 Å². The first-order valence-corrected chi connectivity index (χ1v) is 7.65. The molecule has 1 aliphatic carbocycles. The maximum atomic E-state index is 12.3. The van der Waals surface area contributed by atoms with Gasteiger partial charge in [-0.15, -0.1) is 0 Å². The van der Waals surface area contributed by atoms with Crippen molar-refractivity contribution in [2.75, 3.05) is 0 Å². The molecule has 118 valence electrons. The highest BCUT2D eigenvalue weighted by atomic mass is 16.3. The Kier molecular flexibility index (Phi) is 4.74. The number of allylic oxidation sites excluding steroid dienone is 2. The smallest absolute Gasteiger partial charge is 0.170 e. The van der Waals surface area contributed by atoms with Crippen LogP contribution in [-0.2, 0) is 9.59 Å². The summed E-state index contributed by atoms with van der Waals surface area (Å²) < 4.78 is 0. The summed E-state index contributed by atoms with van der Waals surface area (Å²) in [7, 11) is 0. The van der Waals surface area contributed by atoms with Gasteiger partial charge in [-0.3, -0.25) is 9.59 Å². The number of carbonyl (C=O) groups is 2. The molecule has 1 heterocycles. The first-order chi connectivity index (χ1) is 10.3. The number of rotatable bonds is 3.